The van der Waals surface area contributed by atoms with Crippen molar-refractivity contribution in [2.75, 3.05) is 25.0 Å². The summed E-state index contributed by atoms with van der Waals surface area (Å²) in [7, 11) is 0. The van der Waals surface area contributed by atoms with E-state index in [0.29, 0.717) is 12.6 Å². The third-order valence-electron chi connectivity index (χ3n) is 6.79. The summed E-state index contributed by atoms with van der Waals surface area (Å²) < 4.78 is 6.34. The van der Waals surface area contributed by atoms with E-state index in [-0.39, 0.29) is 6.09 Å². The summed E-state index contributed by atoms with van der Waals surface area (Å²) in [5, 5.41) is 3.20. The summed E-state index contributed by atoms with van der Waals surface area (Å²) in [6.07, 6.45) is 5.00. The Morgan fingerprint density at radius 1 is 1.14 bits per heavy atom. The monoisotopic (exact) mass is 553 g/mol. The number of amides is 1. The predicted octanol–water partition coefficient (Wildman–Crippen LogP) is 7.76. The van der Waals surface area contributed by atoms with Crippen molar-refractivity contribution in [1.29, 1.82) is 0 Å². The smallest absolute Gasteiger partial charge is 0.410 e. The first-order valence-electron chi connectivity index (χ1n) is 12.9. The first kappa shape index (κ1) is 27.9. The molecule has 0 bridgehead atoms. The van der Waals surface area contributed by atoms with Crippen LogP contribution in [0.3, 0.4) is 0 Å². The minimum absolute atomic E-state index is 0.186. The zero-order valence-corrected chi connectivity index (χ0v) is 23.5. The number of nitrogens with one attached hydrogen (secondary N) is 1. The molecule has 0 saturated carbocycles. The van der Waals surface area contributed by atoms with Crippen LogP contribution in [0.15, 0.2) is 72.4 Å². The minimum atomic E-state index is -0.186. The Labute approximate surface area is 225 Å². The van der Waals surface area contributed by atoms with Crippen LogP contribution in [0.4, 0.5) is 10.5 Å². The molecule has 2 aromatic rings. The Bertz CT molecular complexity index is 1020. The number of carbonyl (C=O) groups excluding carboxylic acids is 1. The summed E-state index contributed by atoms with van der Waals surface area (Å²) >= 11 is 3.55. The molecule has 2 saturated heterocycles. The normalized spacial score (nSPS) is 21.3. The van der Waals surface area contributed by atoms with Crippen molar-refractivity contribution >= 4 is 33.4 Å². The van der Waals surface area contributed by atoms with Gasteiger partial charge in [-0.15, -0.1) is 0 Å². The van der Waals surface area contributed by atoms with Crippen LogP contribution in [0, 0.1) is 11.8 Å². The zero-order valence-electron chi connectivity index (χ0n) is 21.9. The maximum Gasteiger partial charge on any atom is 0.410 e. The molecule has 2 aliphatic heterocycles. The molecule has 1 amide bonds. The van der Waals surface area contributed by atoms with Gasteiger partial charge >= 0.3 is 6.09 Å². The molecule has 0 spiro atoms. The molecular weight excluding hydrogens is 514 g/mol. The van der Waals surface area contributed by atoms with Crippen molar-refractivity contribution in [2.45, 2.75) is 52.7 Å². The van der Waals surface area contributed by atoms with Crippen LogP contribution in [0.25, 0.3) is 5.70 Å². The van der Waals surface area contributed by atoms with Crippen molar-refractivity contribution in [3.8, 4) is 0 Å². The largest absolute Gasteiger partial charge is 0.445 e. The number of hydrogen-bond donors (Lipinski definition) is 1. The van der Waals surface area contributed by atoms with Crippen LogP contribution < -0.4 is 5.32 Å². The van der Waals surface area contributed by atoms with Gasteiger partial charge < -0.3 is 19.9 Å². The van der Waals surface area contributed by atoms with E-state index in [1.807, 2.05) is 41.3 Å². The van der Waals surface area contributed by atoms with Crippen molar-refractivity contribution < 1.29 is 9.53 Å². The van der Waals surface area contributed by atoms with Gasteiger partial charge in [0.15, 0.2) is 0 Å². The van der Waals surface area contributed by atoms with Gasteiger partial charge in [-0.1, -0.05) is 73.3 Å². The molecule has 3 unspecified atom stereocenters. The van der Waals surface area contributed by atoms with E-state index in [2.05, 4.69) is 72.2 Å². The van der Waals surface area contributed by atoms with E-state index < -0.39 is 0 Å². The van der Waals surface area contributed by atoms with Crippen LogP contribution in [0.5, 0.6) is 0 Å². The molecule has 194 valence electrons. The van der Waals surface area contributed by atoms with E-state index in [0.717, 1.165) is 71.3 Å². The lowest BCUT2D eigenvalue weighted by molar-refractivity contribution is 0.0944. The van der Waals surface area contributed by atoms with Crippen molar-refractivity contribution in [1.82, 2.24) is 9.80 Å². The summed E-state index contributed by atoms with van der Waals surface area (Å²) in [5.41, 5.74) is 4.32. The summed E-state index contributed by atoms with van der Waals surface area (Å²) in [6.45, 7) is 18.2. The fourth-order valence-corrected chi connectivity index (χ4v) is 5.41. The predicted molar refractivity (Wildman–Crippen MR) is 154 cm³/mol. The number of rotatable bonds is 6. The SMILES string of the molecule is C=CNc1ccc(Br)cc1C(=C)N1CC(C)CC(C)C1.CC1CCCN1C(=O)OCc1ccccc1. The van der Waals surface area contributed by atoms with Crippen molar-refractivity contribution in [3.05, 3.63) is 83.5 Å². The summed E-state index contributed by atoms with van der Waals surface area (Å²) in [4.78, 5) is 16.0. The lowest BCUT2D eigenvalue weighted by Gasteiger charge is -2.38. The fraction of sp³-hybridized carbons (Fsp3) is 0.433. The van der Waals surface area contributed by atoms with E-state index >= 15 is 0 Å². The van der Waals surface area contributed by atoms with Gasteiger partial charge in [0.05, 0.1) is 0 Å². The van der Waals surface area contributed by atoms with Crippen LogP contribution >= 0.6 is 15.9 Å². The minimum Gasteiger partial charge on any atom is -0.445 e. The van der Waals surface area contributed by atoms with Gasteiger partial charge in [0.2, 0.25) is 0 Å². The Hall–Kier alpha value is -2.73. The molecule has 1 N–H and O–H groups in total. The third-order valence-corrected chi connectivity index (χ3v) is 7.29. The maximum atomic E-state index is 11.7. The lowest BCUT2D eigenvalue weighted by atomic mass is 9.91. The molecule has 0 radical (unpaired) electrons. The zero-order chi connectivity index (χ0) is 26.1. The van der Waals surface area contributed by atoms with Crippen molar-refractivity contribution in [3.63, 3.8) is 0 Å². The van der Waals surface area contributed by atoms with E-state index in [4.69, 9.17) is 4.74 Å². The van der Waals surface area contributed by atoms with Gasteiger partial charge in [0.25, 0.3) is 0 Å². The number of hydrogen-bond acceptors (Lipinski definition) is 4. The van der Waals surface area contributed by atoms with Gasteiger partial charge in [0.1, 0.15) is 6.61 Å². The number of halogens is 1. The Morgan fingerprint density at radius 2 is 1.83 bits per heavy atom. The second kappa shape index (κ2) is 13.5. The van der Waals surface area contributed by atoms with Crippen LogP contribution in [-0.4, -0.2) is 41.6 Å². The first-order valence-corrected chi connectivity index (χ1v) is 13.7. The van der Waals surface area contributed by atoms with E-state index in [1.165, 1.54) is 6.42 Å². The average Bonchev–Trinajstić information content (AvgIpc) is 3.29. The van der Waals surface area contributed by atoms with Crippen molar-refractivity contribution in [2.24, 2.45) is 11.8 Å². The highest BCUT2D eigenvalue weighted by molar-refractivity contribution is 9.10. The molecule has 3 atom stereocenters. The third kappa shape index (κ3) is 7.89. The highest BCUT2D eigenvalue weighted by Crippen LogP contribution is 2.32. The van der Waals surface area contributed by atoms with Gasteiger partial charge in [-0.3, -0.25) is 0 Å². The molecule has 2 fully saturated rings. The summed E-state index contributed by atoms with van der Waals surface area (Å²) in [6, 6.07) is 16.3. The fourth-order valence-electron chi connectivity index (χ4n) is 5.05. The van der Waals surface area contributed by atoms with Gasteiger partial charge in [-0.25, -0.2) is 4.79 Å². The molecule has 4 rings (SSSR count). The molecule has 36 heavy (non-hydrogen) atoms. The van der Waals surface area contributed by atoms with Gasteiger partial charge in [-0.05, 0) is 68.0 Å². The number of likely N-dealkylation sites (tertiary alicyclic amines) is 2. The van der Waals surface area contributed by atoms with E-state index in [1.54, 1.807) is 6.20 Å². The topological polar surface area (TPSA) is 44.8 Å². The number of benzene rings is 2. The lowest BCUT2D eigenvalue weighted by Crippen LogP contribution is -2.37. The van der Waals surface area contributed by atoms with Crippen LogP contribution in [-0.2, 0) is 11.3 Å². The highest BCUT2D eigenvalue weighted by Gasteiger charge is 2.26. The standard InChI is InChI=1S/C17H23BrN2.C13H17NO2/c1-5-19-17-7-6-15(18)9-16(17)14(4)20-10-12(2)8-13(3)11-20;1-11-6-5-9-14(11)13(15)16-10-12-7-3-2-4-8-12/h5-7,9,12-13,19H,1,4,8,10-11H2,2-3H3;2-4,7-8,11H,5-6,9-10H2,1H3. The molecule has 2 aromatic carbocycles. The Kier molecular flexibility index (Phi) is 10.5. The van der Waals surface area contributed by atoms with Crippen LogP contribution in [0.2, 0.25) is 0 Å². The Balaban J connectivity index is 0.000000205. The molecule has 0 aromatic heterocycles. The average molecular weight is 555 g/mol. The van der Waals surface area contributed by atoms with Crippen LogP contribution in [0.1, 0.15) is 51.2 Å². The number of piperidine rings is 1. The van der Waals surface area contributed by atoms with Gasteiger partial charge in [-0.2, -0.15) is 0 Å². The molecule has 6 heteroatoms. The molecular formula is C30H40BrN3O2. The van der Waals surface area contributed by atoms with E-state index in [9.17, 15) is 4.79 Å². The first-order chi connectivity index (χ1) is 17.3. The molecule has 5 nitrogen and oxygen atoms in total. The second-order valence-corrected chi connectivity index (χ2v) is 11.0. The number of nitrogens with zero attached hydrogens (tertiary/aromatic N) is 2. The molecule has 2 heterocycles. The molecule has 2 aliphatic rings. The molecule has 0 aliphatic carbocycles. The highest BCUT2D eigenvalue weighted by atomic mass is 79.9. The number of ether oxygens (including phenoxy) is 1. The maximum absolute atomic E-state index is 11.7. The Morgan fingerprint density at radius 3 is 2.44 bits per heavy atom. The summed E-state index contributed by atoms with van der Waals surface area (Å²) in [5.74, 6) is 1.44. The second-order valence-electron chi connectivity index (χ2n) is 10.1. The number of carbonyl (C=O) groups is 1. The number of anilines is 1. The quantitative estimate of drug-likeness (QED) is 0.397. The van der Waals surface area contributed by atoms with Gasteiger partial charge in [0, 0.05) is 47.1 Å².